The first kappa shape index (κ1) is 14.3. The summed E-state index contributed by atoms with van der Waals surface area (Å²) in [6.07, 6.45) is 0.439. The van der Waals surface area contributed by atoms with E-state index in [0.29, 0.717) is 17.5 Å². The standard InChI is InChI=1S/C13H15NO6/c1-3-20-12(15)13(16)7-6-8-9(13)4-5-10(14(17)18)11(8)19-2/h4-5,16H,3,6-7H2,1-2H3. The molecule has 7 nitrogen and oxygen atoms in total. The van der Waals surface area contributed by atoms with Gasteiger partial charge in [-0.1, -0.05) is 0 Å². The van der Waals surface area contributed by atoms with Crippen molar-refractivity contribution >= 4 is 11.7 Å². The number of carbonyl (C=O) groups excluding carboxylic acids is 1. The van der Waals surface area contributed by atoms with Crippen LogP contribution in [0.5, 0.6) is 5.75 Å². The van der Waals surface area contributed by atoms with E-state index in [-0.39, 0.29) is 24.5 Å². The van der Waals surface area contributed by atoms with Gasteiger partial charge in [0.15, 0.2) is 11.4 Å². The lowest BCUT2D eigenvalue weighted by Gasteiger charge is -2.21. The number of hydrogen-bond donors (Lipinski definition) is 1. The molecule has 0 saturated carbocycles. The van der Waals surface area contributed by atoms with Gasteiger partial charge in [0.25, 0.3) is 0 Å². The summed E-state index contributed by atoms with van der Waals surface area (Å²) in [6, 6.07) is 2.62. The number of aliphatic hydroxyl groups is 1. The van der Waals surface area contributed by atoms with Gasteiger partial charge in [0.1, 0.15) is 0 Å². The van der Waals surface area contributed by atoms with Crippen molar-refractivity contribution in [3.05, 3.63) is 33.4 Å². The lowest BCUT2D eigenvalue weighted by atomic mass is 9.95. The molecule has 0 spiro atoms. The van der Waals surface area contributed by atoms with E-state index in [1.807, 2.05) is 0 Å². The Bertz CT molecular complexity index is 570. The Morgan fingerprint density at radius 2 is 2.25 bits per heavy atom. The number of carbonyl (C=O) groups is 1. The third kappa shape index (κ3) is 2.00. The van der Waals surface area contributed by atoms with Crippen LogP contribution in [0.2, 0.25) is 0 Å². The van der Waals surface area contributed by atoms with Crippen molar-refractivity contribution in [2.45, 2.75) is 25.4 Å². The highest BCUT2D eigenvalue weighted by Gasteiger charge is 2.47. The number of esters is 1. The molecule has 0 bridgehead atoms. The number of hydrogen-bond acceptors (Lipinski definition) is 6. The zero-order chi connectivity index (χ0) is 14.9. The molecular weight excluding hydrogens is 266 g/mol. The minimum absolute atomic E-state index is 0.0905. The average molecular weight is 281 g/mol. The lowest BCUT2D eigenvalue weighted by Crippen LogP contribution is -2.35. The molecule has 0 aromatic heterocycles. The molecule has 1 aromatic rings. The van der Waals surface area contributed by atoms with Crippen molar-refractivity contribution in [1.29, 1.82) is 0 Å². The second kappa shape index (κ2) is 5.09. The minimum Gasteiger partial charge on any atom is -0.490 e. The summed E-state index contributed by atoms with van der Waals surface area (Å²) in [6.45, 7) is 1.80. The van der Waals surface area contributed by atoms with Crippen LogP contribution >= 0.6 is 0 Å². The summed E-state index contributed by atoms with van der Waals surface area (Å²) in [4.78, 5) is 22.3. The fourth-order valence-electron chi connectivity index (χ4n) is 2.53. The highest BCUT2D eigenvalue weighted by molar-refractivity contribution is 5.83. The summed E-state index contributed by atoms with van der Waals surface area (Å²) in [5, 5.41) is 21.4. The Kier molecular flexibility index (Phi) is 3.63. The van der Waals surface area contributed by atoms with E-state index in [9.17, 15) is 20.0 Å². The number of ether oxygens (including phenoxy) is 2. The summed E-state index contributed by atoms with van der Waals surface area (Å²) < 4.78 is 9.95. The third-order valence-corrected chi connectivity index (χ3v) is 3.44. The highest BCUT2D eigenvalue weighted by atomic mass is 16.6. The summed E-state index contributed by atoms with van der Waals surface area (Å²) in [5.41, 5.74) is -1.14. The Morgan fingerprint density at radius 1 is 1.55 bits per heavy atom. The van der Waals surface area contributed by atoms with Gasteiger partial charge >= 0.3 is 11.7 Å². The van der Waals surface area contributed by atoms with Crippen LogP contribution in [-0.2, 0) is 21.6 Å². The van der Waals surface area contributed by atoms with Gasteiger partial charge < -0.3 is 14.6 Å². The fraction of sp³-hybridized carbons (Fsp3) is 0.462. The second-order valence-corrected chi connectivity index (χ2v) is 4.48. The Balaban J connectivity index is 2.54. The van der Waals surface area contributed by atoms with Gasteiger partial charge in [-0.25, -0.2) is 4.79 Å². The maximum Gasteiger partial charge on any atom is 0.342 e. The molecule has 0 saturated heterocycles. The quantitative estimate of drug-likeness (QED) is 0.507. The Labute approximate surface area is 115 Å². The van der Waals surface area contributed by atoms with Crippen LogP contribution in [0.3, 0.4) is 0 Å². The van der Waals surface area contributed by atoms with E-state index in [1.165, 1.54) is 19.2 Å². The van der Waals surface area contributed by atoms with Crippen molar-refractivity contribution in [1.82, 2.24) is 0 Å². The summed E-state index contributed by atoms with van der Waals surface area (Å²) in [5.74, 6) is -0.651. The Morgan fingerprint density at radius 3 is 2.80 bits per heavy atom. The maximum atomic E-state index is 11.9. The molecule has 0 fully saturated rings. The number of benzene rings is 1. The van der Waals surface area contributed by atoms with Gasteiger partial charge in [0.05, 0.1) is 18.6 Å². The van der Waals surface area contributed by atoms with Crippen molar-refractivity contribution in [2.24, 2.45) is 0 Å². The number of rotatable bonds is 4. The average Bonchev–Trinajstić information content (AvgIpc) is 2.77. The van der Waals surface area contributed by atoms with Gasteiger partial charge in [-0.2, -0.15) is 0 Å². The smallest absolute Gasteiger partial charge is 0.342 e. The third-order valence-electron chi connectivity index (χ3n) is 3.44. The molecule has 20 heavy (non-hydrogen) atoms. The van der Waals surface area contributed by atoms with E-state index in [1.54, 1.807) is 6.92 Å². The van der Waals surface area contributed by atoms with Crippen LogP contribution in [0, 0.1) is 10.1 Å². The van der Waals surface area contributed by atoms with Gasteiger partial charge in [-0.3, -0.25) is 10.1 Å². The van der Waals surface area contributed by atoms with Crippen molar-refractivity contribution in [3.8, 4) is 5.75 Å². The van der Waals surface area contributed by atoms with Crippen molar-refractivity contribution in [3.63, 3.8) is 0 Å². The van der Waals surface area contributed by atoms with Crippen LogP contribution in [0.25, 0.3) is 0 Å². The normalized spacial score (nSPS) is 20.4. The molecular formula is C13H15NO6. The van der Waals surface area contributed by atoms with E-state index in [0.717, 1.165) is 0 Å². The highest BCUT2D eigenvalue weighted by Crippen LogP contribution is 2.45. The molecule has 0 heterocycles. The lowest BCUT2D eigenvalue weighted by molar-refractivity contribution is -0.385. The molecule has 2 rings (SSSR count). The first-order valence-electron chi connectivity index (χ1n) is 6.20. The molecule has 1 aliphatic carbocycles. The van der Waals surface area contributed by atoms with Crippen LogP contribution < -0.4 is 4.74 Å². The van der Waals surface area contributed by atoms with E-state index >= 15 is 0 Å². The van der Waals surface area contributed by atoms with Crippen molar-refractivity contribution in [2.75, 3.05) is 13.7 Å². The number of nitro groups is 1. The molecule has 7 heteroatoms. The minimum atomic E-state index is -1.76. The van der Waals surface area contributed by atoms with Gasteiger partial charge in [-0.05, 0) is 25.8 Å². The van der Waals surface area contributed by atoms with Gasteiger partial charge in [0.2, 0.25) is 0 Å². The fourth-order valence-corrected chi connectivity index (χ4v) is 2.53. The monoisotopic (exact) mass is 281 g/mol. The zero-order valence-corrected chi connectivity index (χ0v) is 11.2. The van der Waals surface area contributed by atoms with Crippen LogP contribution in [-0.4, -0.2) is 29.7 Å². The molecule has 0 aliphatic heterocycles. The predicted molar refractivity (Wildman–Crippen MR) is 68.5 cm³/mol. The predicted octanol–water partition coefficient (Wildman–Crippen LogP) is 1.30. The molecule has 1 aromatic carbocycles. The summed E-state index contributed by atoms with van der Waals surface area (Å²) >= 11 is 0. The Hall–Kier alpha value is -2.15. The molecule has 1 atom stereocenters. The van der Waals surface area contributed by atoms with Crippen LogP contribution in [0.4, 0.5) is 5.69 Å². The molecule has 0 amide bonds. The van der Waals surface area contributed by atoms with Crippen LogP contribution in [0.1, 0.15) is 24.5 Å². The van der Waals surface area contributed by atoms with Gasteiger partial charge in [0, 0.05) is 17.2 Å². The SMILES string of the molecule is CCOC(=O)C1(O)CCc2c1ccc([N+](=O)[O-])c2OC. The first-order valence-corrected chi connectivity index (χ1v) is 6.20. The molecule has 1 unspecified atom stereocenters. The molecule has 108 valence electrons. The summed E-state index contributed by atoms with van der Waals surface area (Å²) in [7, 11) is 1.32. The number of methoxy groups -OCH3 is 1. The van der Waals surface area contributed by atoms with Gasteiger partial charge in [-0.15, -0.1) is 0 Å². The first-order chi connectivity index (χ1) is 9.45. The van der Waals surface area contributed by atoms with Crippen molar-refractivity contribution < 1.29 is 24.3 Å². The maximum absolute atomic E-state index is 11.9. The number of fused-ring (bicyclic) bond motifs is 1. The van der Waals surface area contributed by atoms with E-state index < -0.39 is 16.5 Å². The molecule has 1 N–H and O–H groups in total. The van der Waals surface area contributed by atoms with E-state index in [2.05, 4.69) is 0 Å². The van der Waals surface area contributed by atoms with E-state index in [4.69, 9.17) is 9.47 Å². The topological polar surface area (TPSA) is 98.9 Å². The van der Waals surface area contributed by atoms with Crippen LogP contribution in [0.15, 0.2) is 12.1 Å². The number of nitrogens with zero attached hydrogens (tertiary/aromatic N) is 1. The number of nitro benzene ring substituents is 1. The largest absolute Gasteiger partial charge is 0.490 e. The molecule has 0 radical (unpaired) electrons. The second-order valence-electron chi connectivity index (χ2n) is 4.48. The zero-order valence-electron chi connectivity index (χ0n) is 11.2. The molecule has 1 aliphatic rings.